The molecule has 0 bridgehead atoms. The lowest BCUT2D eigenvalue weighted by atomic mass is 9.96. The van der Waals surface area contributed by atoms with E-state index in [2.05, 4.69) is 0 Å². The van der Waals surface area contributed by atoms with Gasteiger partial charge in [-0.3, -0.25) is 10.1 Å². The van der Waals surface area contributed by atoms with Gasteiger partial charge in [0.05, 0.1) is 9.82 Å². The molecule has 92 valence electrons. The second-order valence-electron chi connectivity index (χ2n) is 4.38. The van der Waals surface area contributed by atoms with Crippen LogP contribution in [0.2, 0.25) is 0 Å². The zero-order chi connectivity index (χ0) is 12.3. The molecule has 4 nitrogen and oxygen atoms in total. The molecule has 0 unspecified atom stereocenters. The van der Waals surface area contributed by atoms with E-state index in [9.17, 15) is 10.1 Å². The van der Waals surface area contributed by atoms with Crippen LogP contribution in [0.5, 0.6) is 0 Å². The minimum absolute atomic E-state index is 0.215. The molecular weight excluding hydrogens is 236 g/mol. The van der Waals surface area contributed by atoms with Crippen LogP contribution in [0.15, 0.2) is 29.2 Å². The Balaban J connectivity index is 2.05. The van der Waals surface area contributed by atoms with Crippen molar-refractivity contribution >= 4 is 17.4 Å². The molecule has 5 heteroatoms. The third-order valence-corrected chi connectivity index (χ3v) is 4.48. The molecule has 2 rings (SSSR count). The molecule has 1 aliphatic rings. The van der Waals surface area contributed by atoms with Crippen molar-refractivity contribution in [1.29, 1.82) is 0 Å². The predicted octanol–water partition coefficient (Wildman–Crippen LogP) is 2.96. The Morgan fingerprint density at radius 3 is 2.53 bits per heavy atom. The number of nitrogens with two attached hydrogens (primary N) is 1. The summed E-state index contributed by atoms with van der Waals surface area (Å²) >= 11 is 1.62. The Kier molecular flexibility index (Phi) is 4.02. The highest BCUT2D eigenvalue weighted by atomic mass is 32.2. The van der Waals surface area contributed by atoms with Gasteiger partial charge in [-0.25, -0.2) is 0 Å². The monoisotopic (exact) mass is 252 g/mol. The van der Waals surface area contributed by atoms with Crippen LogP contribution in [-0.4, -0.2) is 16.2 Å². The molecule has 0 atom stereocenters. The summed E-state index contributed by atoms with van der Waals surface area (Å²) in [6, 6.07) is 7.27. The van der Waals surface area contributed by atoms with Gasteiger partial charge in [-0.05, 0) is 31.7 Å². The highest BCUT2D eigenvalue weighted by Gasteiger charge is 2.22. The quantitative estimate of drug-likeness (QED) is 0.663. The fraction of sp³-hybridized carbons (Fsp3) is 0.500. The van der Waals surface area contributed by atoms with Crippen molar-refractivity contribution in [3.63, 3.8) is 0 Å². The van der Waals surface area contributed by atoms with Crippen molar-refractivity contribution < 1.29 is 4.92 Å². The van der Waals surface area contributed by atoms with Crippen LogP contribution in [0, 0.1) is 10.1 Å². The highest BCUT2D eigenvalue weighted by Crippen LogP contribution is 2.37. The third-order valence-electron chi connectivity index (χ3n) is 3.07. The van der Waals surface area contributed by atoms with Gasteiger partial charge in [0, 0.05) is 17.4 Å². The summed E-state index contributed by atoms with van der Waals surface area (Å²) in [7, 11) is 0. The Morgan fingerprint density at radius 2 is 1.88 bits per heavy atom. The van der Waals surface area contributed by atoms with Crippen LogP contribution >= 0.6 is 11.8 Å². The van der Waals surface area contributed by atoms with Gasteiger partial charge in [0.15, 0.2) is 0 Å². The molecule has 1 aromatic rings. The van der Waals surface area contributed by atoms with Crippen LogP contribution in [0.25, 0.3) is 0 Å². The molecule has 0 aliphatic heterocycles. The van der Waals surface area contributed by atoms with Crippen molar-refractivity contribution in [2.45, 2.75) is 41.9 Å². The molecule has 0 aromatic heterocycles. The van der Waals surface area contributed by atoms with Gasteiger partial charge in [0.25, 0.3) is 5.69 Å². The number of hydrogen-bond acceptors (Lipinski definition) is 4. The van der Waals surface area contributed by atoms with Gasteiger partial charge in [-0.1, -0.05) is 12.1 Å². The Hall–Kier alpha value is -1.07. The molecule has 1 aromatic carbocycles. The van der Waals surface area contributed by atoms with Crippen LogP contribution in [0.1, 0.15) is 25.7 Å². The molecule has 17 heavy (non-hydrogen) atoms. The molecular formula is C12H16N2O2S. The first-order chi connectivity index (χ1) is 8.16. The first-order valence-electron chi connectivity index (χ1n) is 5.82. The average Bonchev–Trinajstić information content (AvgIpc) is 2.32. The van der Waals surface area contributed by atoms with E-state index in [1.54, 1.807) is 23.9 Å². The number of nitrogens with zero attached hydrogens (tertiary/aromatic N) is 1. The van der Waals surface area contributed by atoms with Crippen molar-refractivity contribution in [1.82, 2.24) is 0 Å². The van der Waals surface area contributed by atoms with E-state index < -0.39 is 0 Å². The van der Waals surface area contributed by atoms with E-state index in [4.69, 9.17) is 5.73 Å². The SMILES string of the molecule is NC1CCC(Sc2ccccc2[N+](=O)[O-])CC1. The second kappa shape index (κ2) is 5.51. The molecule has 1 fully saturated rings. The number of nitro groups is 1. The summed E-state index contributed by atoms with van der Waals surface area (Å²) in [5.74, 6) is 0. The number of thioether (sulfide) groups is 1. The molecule has 2 N–H and O–H groups in total. The lowest BCUT2D eigenvalue weighted by molar-refractivity contribution is -0.387. The lowest BCUT2D eigenvalue weighted by Crippen LogP contribution is -2.27. The molecule has 1 saturated carbocycles. The molecule has 1 aliphatic carbocycles. The highest BCUT2D eigenvalue weighted by molar-refractivity contribution is 8.00. The summed E-state index contributed by atoms with van der Waals surface area (Å²) in [6.07, 6.45) is 4.16. The van der Waals surface area contributed by atoms with Crippen LogP contribution in [0.4, 0.5) is 5.69 Å². The average molecular weight is 252 g/mol. The number of nitro benzene ring substituents is 1. The van der Waals surface area contributed by atoms with Gasteiger partial charge < -0.3 is 5.73 Å². The molecule has 0 saturated heterocycles. The summed E-state index contributed by atoms with van der Waals surface area (Å²) < 4.78 is 0. The molecule has 0 radical (unpaired) electrons. The summed E-state index contributed by atoms with van der Waals surface area (Å²) in [5.41, 5.74) is 6.07. The van der Waals surface area contributed by atoms with E-state index in [-0.39, 0.29) is 10.6 Å². The second-order valence-corrected chi connectivity index (χ2v) is 5.72. The minimum Gasteiger partial charge on any atom is -0.328 e. The summed E-state index contributed by atoms with van der Waals surface area (Å²) in [5, 5.41) is 11.4. The number of para-hydroxylation sites is 1. The van der Waals surface area contributed by atoms with Crippen LogP contribution < -0.4 is 5.73 Å². The number of rotatable bonds is 3. The predicted molar refractivity (Wildman–Crippen MR) is 69.2 cm³/mol. The summed E-state index contributed by atoms with van der Waals surface area (Å²) in [4.78, 5) is 11.4. The first kappa shape index (κ1) is 12.4. The van der Waals surface area contributed by atoms with Gasteiger partial charge in [0.2, 0.25) is 0 Å². The maximum absolute atomic E-state index is 10.9. The smallest absolute Gasteiger partial charge is 0.282 e. The maximum atomic E-state index is 10.9. The van der Waals surface area contributed by atoms with Crippen molar-refractivity contribution in [3.05, 3.63) is 34.4 Å². The minimum atomic E-state index is -0.309. The van der Waals surface area contributed by atoms with Crippen molar-refractivity contribution in [3.8, 4) is 0 Å². The summed E-state index contributed by atoms with van der Waals surface area (Å²) in [6.45, 7) is 0. The number of hydrogen-bond donors (Lipinski definition) is 1. The van der Waals surface area contributed by atoms with Gasteiger partial charge in [-0.15, -0.1) is 11.8 Å². The van der Waals surface area contributed by atoms with E-state index >= 15 is 0 Å². The standard InChI is InChI=1S/C12H16N2O2S/c13-9-5-7-10(8-6-9)17-12-4-2-1-3-11(12)14(15)16/h1-4,9-10H,5-8,13H2. The molecule has 0 spiro atoms. The Labute approximate surface area is 105 Å². The largest absolute Gasteiger partial charge is 0.328 e. The van der Waals surface area contributed by atoms with E-state index in [1.807, 2.05) is 12.1 Å². The van der Waals surface area contributed by atoms with E-state index in [1.165, 1.54) is 0 Å². The first-order valence-corrected chi connectivity index (χ1v) is 6.70. The van der Waals surface area contributed by atoms with Crippen LogP contribution in [-0.2, 0) is 0 Å². The third kappa shape index (κ3) is 3.20. The maximum Gasteiger partial charge on any atom is 0.282 e. The zero-order valence-corrected chi connectivity index (χ0v) is 10.4. The topological polar surface area (TPSA) is 69.2 Å². The fourth-order valence-electron chi connectivity index (χ4n) is 2.09. The van der Waals surface area contributed by atoms with Crippen molar-refractivity contribution in [2.75, 3.05) is 0 Å². The van der Waals surface area contributed by atoms with Crippen molar-refractivity contribution in [2.24, 2.45) is 5.73 Å². The fourth-order valence-corrected chi connectivity index (χ4v) is 3.38. The molecule has 0 amide bonds. The van der Waals surface area contributed by atoms with E-state index in [0.29, 0.717) is 11.3 Å². The van der Waals surface area contributed by atoms with Gasteiger partial charge in [0.1, 0.15) is 0 Å². The van der Waals surface area contributed by atoms with E-state index in [0.717, 1.165) is 30.6 Å². The molecule has 0 heterocycles. The van der Waals surface area contributed by atoms with Crippen LogP contribution in [0.3, 0.4) is 0 Å². The number of benzene rings is 1. The Bertz CT molecular complexity index is 403. The Morgan fingerprint density at radius 1 is 1.24 bits per heavy atom. The van der Waals surface area contributed by atoms with Gasteiger partial charge in [-0.2, -0.15) is 0 Å². The zero-order valence-electron chi connectivity index (χ0n) is 9.54. The van der Waals surface area contributed by atoms with Gasteiger partial charge >= 0.3 is 0 Å². The lowest BCUT2D eigenvalue weighted by Gasteiger charge is -2.25. The normalized spacial score (nSPS) is 24.5.